The number of thiocarbonyl (C=S) groups is 1. The Morgan fingerprint density at radius 2 is 1.85 bits per heavy atom. The summed E-state index contributed by atoms with van der Waals surface area (Å²) in [5.74, 6) is 0. The summed E-state index contributed by atoms with van der Waals surface area (Å²) in [6.45, 7) is 6.50. The van der Waals surface area contributed by atoms with Crippen molar-refractivity contribution in [3.63, 3.8) is 0 Å². The summed E-state index contributed by atoms with van der Waals surface area (Å²) in [5.41, 5.74) is 2.23. The highest BCUT2D eigenvalue weighted by molar-refractivity contribution is 7.80. The Hall–Kier alpha value is -2.02. The lowest BCUT2D eigenvalue weighted by Crippen LogP contribution is -2.40. The first-order chi connectivity index (χ1) is 12.8. The summed E-state index contributed by atoms with van der Waals surface area (Å²) in [6.07, 6.45) is 4.73. The van der Waals surface area contributed by atoms with Crippen LogP contribution in [0.4, 0.5) is 5.69 Å². The number of para-hydroxylation sites is 1. The van der Waals surface area contributed by atoms with Gasteiger partial charge in [0.1, 0.15) is 0 Å². The fourth-order valence-electron chi connectivity index (χ4n) is 2.99. The van der Waals surface area contributed by atoms with Gasteiger partial charge in [-0.1, -0.05) is 18.2 Å². The van der Waals surface area contributed by atoms with Crippen molar-refractivity contribution in [1.82, 2.24) is 14.8 Å². The molecule has 1 aliphatic rings. The van der Waals surface area contributed by atoms with E-state index in [2.05, 4.69) is 20.1 Å². The van der Waals surface area contributed by atoms with Crippen LogP contribution in [0, 0.1) is 0 Å². The molecule has 0 bridgehead atoms. The monoisotopic (exact) mass is 370 g/mol. The van der Waals surface area contributed by atoms with Crippen LogP contribution in [0.1, 0.15) is 12.0 Å². The fraction of sp³-hybridized carbons (Fsp3) is 0.400. The minimum Gasteiger partial charge on any atom is -0.379 e. The zero-order valence-electron chi connectivity index (χ0n) is 15.0. The van der Waals surface area contributed by atoms with Gasteiger partial charge in [0.25, 0.3) is 0 Å². The maximum atomic E-state index is 5.69. The van der Waals surface area contributed by atoms with Crippen LogP contribution in [0.2, 0.25) is 0 Å². The number of benzene rings is 1. The number of nitrogens with one attached hydrogen (secondary N) is 1. The van der Waals surface area contributed by atoms with Crippen molar-refractivity contribution in [1.29, 1.82) is 0 Å². The number of morpholine rings is 1. The molecule has 1 aromatic carbocycles. The molecule has 2 aromatic rings. The predicted octanol–water partition coefficient (Wildman–Crippen LogP) is 3.00. The Morgan fingerprint density at radius 1 is 1.12 bits per heavy atom. The quantitative estimate of drug-likeness (QED) is 0.756. The summed E-state index contributed by atoms with van der Waals surface area (Å²) in [5, 5.41) is 4.12. The molecule has 0 aliphatic carbocycles. The van der Waals surface area contributed by atoms with Crippen molar-refractivity contribution in [3.05, 3.63) is 60.4 Å². The van der Waals surface area contributed by atoms with Crippen molar-refractivity contribution in [2.75, 3.05) is 44.7 Å². The molecule has 1 aromatic heterocycles. The molecule has 6 heteroatoms. The Bertz CT molecular complexity index is 662. The molecule has 1 fully saturated rings. The molecule has 1 saturated heterocycles. The zero-order valence-corrected chi connectivity index (χ0v) is 15.8. The normalized spacial score (nSPS) is 14.8. The molecule has 2 heterocycles. The van der Waals surface area contributed by atoms with E-state index in [4.69, 9.17) is 17.0 Å². The standard InChI is InChI=1S/C20H26N4OS/c26-20(22-19-5-2-1-3-6-19)24(17-18-7-9-21-10-8-18)12-4-11-23-13-15-25-16-14-23/h1-3,5-10H,4,11-17H2,(H,22,26). The number of anilines is 1. The zero-order chi connectivity index (χ0) is 18.0. The second kappa shape index (κ2) is 10.2. The highest BCUT2D eigenvalue weighted by Crippen LogP contribution is 2.11. The second-order valence-corrected chi connectivity index (χ2v) is 6.77. The average Bonchev–Trinajstić information content (AvgIpc) is 2.69. The molecule has 0 saturated carbocycles. The van der Waals surface area contributed by atoms with Crippen molar-refractivity contribution < 1.29 is 4.74 Å². The topological polar surface area (TPSA) is 40.6 Å². The smallest absolute Gasteiger partial charge is 0.173 e. The van der Waals surface area contributed by atoms with Crippen molar-refractivity contribution in [2.24, 2.45) is 0 Å². The van der Waals surface area contributed by atoms with Gasteiger partial charge < -0.3 is 15.0 Å². The summed E-state index contributed by atoms with van der Waals surface area (Å²) in [6, 6.07) is 14.2. The van der Waals surface area contributed by atoms with E-state index in [0.29, 0.717) is 0 Å². The number of hydrogen-bond acceptors (Lipinski definition) is 4. The highest BCUT2D eigenvalue weighted by atomic mass is 32.1. The first-order valence-corrected chi connectivity index (χ1v) is 9.52. The second-order valence-electron chi connectivity index (χ2n) is 6.38. The Labute approximate surface area is 161 Å². The first-order valence-electron chi connectivity index (χ1n) is 9.11. The van der Waals surface area contributed by atoms with Crippen molar-refractivity contribution in [3.8, 4) is 0 Å². The summed E-state index contributed by atoms with van der Waals surface area (Å²) in [4.78, 5) is 8.80. The van der Waals surface area contributed by atoms with Crippen molar-refractivity contribution >= 4 is 23.0 Å². The number of rotatable bonds is 7. The highest BCUT2D eigenvalue weighted by Gasteiger charge is 2.13. The number of pyridine rings is 1. The van der Waals surface area contributed by atoms with Crippen LogP contribution in [-0.2, 0) is 11.3 Å². The molecule has 1 N–H and O–H groups in total. The van der Waals surface area contributed by atoms with Gasteiger partial charge in [0, 0.05) is 50.8 Å². The van der Waals surface area contributed by atoms with Gasteiger partial charge in [0.15, 0.2) is 5.11 Å². The lowest BCUT2D eigenvalue weighted by Gasteiger charge is -2.29. The molecule has 26 heavy (non-hydrogen) atoms. The van der Waals surface area contributed by atoms with Gasteiger partial charge in [-0.15, -0.1) is 0 Å². The molecule has 0 spiro atoms. The lowest BCUT2D eigenvalue weighted by atomic mass is 10.2. The SMILES string of the molecule is S=C(Nc1ccccc1)N(CCCN1CCOCC1)Cc1ccncc1. The number of aromatic nitrogens is 1. The van der Waals surface area contributed by atoms with Gasteiger partial charge in [-0.25, -0.2) is 0 Å². The molecule has 3 rings (SSSR count). The third-order valence-electron chi connectivity index (χ3n) is 4.44. The van der Waals surface area contributed by atoms with E-state index in [-0.39, 0.29) is 0 Å². The van der Waals surface area contributed by atoms with E-state index < -0.39 is 0 Å². The molecular formula is C20H26N4OS. The van der Waals surface area contributed by atoms with Crippen LogP contribution in [0.3, 0.4) is 0 Å². The molecule has 0 radical (unpaired) electrons. The van der Waals surface area contributed by atoms with Gasteiger partial charge in [-0.2, -0.15) is 0 Å². The lowest BCUT2D eigenvalue weighted by molar-refractivity contribution is 0.0368. The van der Waals surface area contributed by atoms with Gasteiger partial charge in [0.2, 0.25) is 0 Å². The van der Waals surface area contributed by atoms with Gasteiger partial charge in [-0.3, -0.25) is 9.88 Å². The molecule has 5 nitrogen and oxygen atoms in total. The minimum absolute atomic E-state index is 0.759. The van der Waals surface area contributed by atoms with Crippen LogP contribution in [-0.4, -0.2) is 59.3 Å². The van der Waals surface area contributed by atoms with E-state index in [1.54, 1.807) is 0 Å². The van der Waals surface area contributed by atoms with Gasteiger partial charge in [0.05, 0.1) is 13.2 Å². The summed E-state index contributed by atoms with van der Waals surface area (Å²) in [7, 11) is 0. The fourth-order valence-corrected chi connectivity index (χ4v) is 3.27. The molecule has 0 atom stereocenters. The van der Waals surface area contributed by atoms with Crippen LogP contribution < -0.4 is 5.32 Å². The van der Waals surface area contributed by atoms with Crippen molar-refractivity contribution in [2.45, 2.75) is 13.0 Å². The summed E-state index contributed by atoms with van der Waals surface area (Å²) < 4.78 is 5.42. The number of ether oxygens (including phenoxy) is 1. The van der Waals surface area contributed by atoms with E-state index >= 15 is 0 Å². The Kier molecular flexibility index (Phi) is 7.37. The molecule has 138 valence electrons. The third kappa shape index (κ3) is 6.05. The molecular weight excluding hydrogens is 344 g/mol. The third-order valence-corrected chi connectivity index (χ3v) is 4.80. The molecule has 1 aliphatic heterocycles. The Balaban J connectivity index is 1.57. The largest absolute Gasteiger partial charge is 0.379 e. The summed E-state index contributed by atoms with van der Waals surface area (Å²) >= 11 is 5.69. The minimum atomic E-state index is 0.759. The average molecular weight is 371 g/mol. The Morgan fingerprint density at radius 3 is 2.58 bits per heavy atom. The first kappa shape index (κ1) is 18.8. The van der Waals surface area contributed by atoms with Gasteiger partial charge >= 0.3 is 0 Å². The van der Waals surface area contributed by atoms with E-state index in [1.807, 2.05) is 54.9 Å². The van der Waals surface area contributed by atoms with E-state index in [0.717, 1.165) is 63.2 Å². The van der Waals surface area contributed by atoms with Crippen LogP contribution in [0.5, 0.6) is 0 Å². The van der Waals surface area contributed by atoms with E-state index in [9.17, 15) is 0 Å². The molecule has 0 amide bonds. The predicted molar refractivity (Wildman–Crippen MR) is 109 cm³/mol. The van der Waals surface area contributed by atoms with Crippen LogP contribution in [0.25, 0.3) is 0 Å². The number of hydrogen-bond donors (Lipinski definition) is 1. The van der Waals surface area contributed by atoms with Gasteiger partial charge in [-0.05, 0) is 48.5 Å². The maximum absolute atomic E-state index is 5.69. The number of nitrogens with zero attached hydrogens (tertiary/aromatic N) is 3. The molecule has 0 unspecified atom stereocenters. The van der Waals surface area contributed by atoms with Crippen LogP contribution >= 0.6 is 12.2 Å². The van der Waals surface area contributed by atoms with E-state index in [1.165, 1.54) is 5.56 Å². The van der Waals surface area contributed by atoms with Crippen LogP contribution in [0.15, 0.2) is 54.9 Å². The maximum Gasteiger partial charge on any atom is 0.173 e.